The Balaban J connectivity index is 1.98. The van der Waals surface area contributed by atoms with E-state index < -0.39 is 5.97 Å². The molecule has 6 nitrogen and oxygen atoms in total. The third kappa shape index (κ3) is 3.78. The molecule has 0 aromatic rings. The molecular weight excluding hydrogens is 284 g/mol. The van der Waals surface area contributed by atoms with Crippen molar-refractivity contribution < 1.29 is 19.5 Å². The number of hydrogen-bond acceptors (Lipinski definition) is 3. The van der Waals surface area contributed by atoms with Crippen LogP contribution in [0.1, 0.15) is 52.4 Å². The first-order chi connectivity index (χ1) is 10.4. The fourth-order valence-electron chi connectivity index (χ4n) is 3.54. The van der Waals surface area contributed by atoms with Gasteiger partial charge in [-0.1, -0.05) is 12.8 Å². The molecule has 2 amide bonds. The molecule has 2 aliphatic rings. The molecule has 0 bridgehead atoms. The second-order valence-electron chi connectivity index (χ2n) is 6.65. The number of carboxylic acids is 1. The van der Waals surface area contributed by atoms with Crippen LogP contribution in [0.5, 0.6) is 0 Å². The predicted molar refractivity (Wildman–Crippen MR) is 81.2 cm³/mol. The van der Waals surface area contributed by atoms with Gasteiger partial charge in [-0.15, -0.1) is 0 Å². The first kappa shape index (κ1) is 16.8. The van der Waals surface area contributed by atoms with Gasteiger partial charge in [0.1, 0.15) is 0 Å². The molecule has 0 aromatic carbocycles. The molecule has 22 heavy (non-hydrogen) atoms. The Bertz CT molecular complexity index is 443. The van der Waals surface area contributed by atoms with E-state index in [0.717, 1.165) is 25.7 Å². The Morgan fingerprint density at radius 1 is 1.32 bits per heavy atom. The molecule has 1 saturated carbocycles. The summed E-state index contributed by atoms with van der Waals surface area (Å²) in [5.41, 5.74) is 0. The first-order valence-electron chi connectivity index (χ1n) is 8.22. The molecule has 1 aliphatic carbocycles. The lowest BCUT2D eigenvalue weighted by molar-refractivity contribution is -0.141. The van der Waals surface area contributed by atoms with Gasteiger partial charge in [0.15, 0.2) is 0 Å². The zero-order valence-electron chi connectivity index (χ0n) is 13.5. The van der Waals surface area contributed by atoms with Gasteiger partial charge in [-0.3, -0.25) is 14.4 Å². The molecule has 1 atom stereocenters. The van der Waals surface area contributed by atoms with Crippen LogP contribution in [-0.4, -0.2) is 57.9 Å². The van der Waals surface area contributed by atoms with E-state index in [1.165, 1.54) is 0 Å². The van der Waals surface area contributed by atoms with E-state index in [0.29, 0.717) is 12.6 Å². The van der Waals surface area contributed by atoms with E-state index in [9.17, 15) is 14.4 Å². The van der Waals surface area contributed by atoms with E-state index in [2.05, 4.69) is 0 Å². The number of carbonyl (C=O) groups excluding carboxylic acids is 2. The van der Waals surface area contributed by atoms with Crippen molar-refractivity contribution in [2.45, 2.75) is 64.5 Å². The maximum atomic E-state index is 12.7. The highest BCUT2D eigenvalue weighted by atomic mass is 16.4. The maximum Gasteiger partial charge on any atom is 0.305 e. The summed E-state index contributed by atoms with van der Waals surface area (Å²) < 4.78 is 0. The van der Waals surface area contributed by atoms with Gasteiger partial charge in [0, 0.05) is 31.6 Å². The minimum absolute atomic E-state index is 0.0533. The van der Waals surface area contributed by atoms with Gasteiger partial charge in [0.05, 0.1) is 12.3 Å². The van der Waals surface area contributed by atoms with Gasteiger partial charge in [0.2, 0.25) is 11.8 Å². The average Bonchev–Trinajstić information content (AvgIpc) is 3.06. The summed E-state index contributed by atoms with van der Waals surface area (Å²) in [5.74, 6) is -1.23. The van der Waals surface area contributed by atoms with Gasteiger partial charge in [-0.2, -0.15) is 0 Å². The van der Waals surface area contributed by atoms with E-state index in [1.54, 1.807) is 4.90 Å². The topological polar surface area (TPSA) is 77.9 Å². The van der Waals surface area contributed by atoms with E-state index in [-0.39, 0.29) is 43.2 Å². The number of amides is 2. The summed E-state index contributed by atoms with van der Waals surface area (Å²) in [6.45, 7) is 4.47. The van der Waals surface area contributed by atoms with Crippen LogP contribution in [0, 0.1) is 5.92 Å². The van der Waals surface area contributed by atoms with Gasteiger partial charge in [-0.25, -0.2) is 0 Å². The smallest absolute Gasteiger partial charge is 0.305 e. The Kier molecular flexibility index (Phi) is 5.42. The summed E-state index contributed by atoms with van der Waals surface area (Å²) in [6.07, 6.45) is 4.61. The number of rotatable bonds is 6. The third-order valence-electron chi connectivity index (χ3n) is 4.75. The van der Waals surface area contributed by atoms with Crippen LogP contribution in [0.25, 0.3) is 0 Å². The van der Waals surface area contributed by atoms with Crippen LogP contribution < -0.4 is 0 Å². The van der Waals surface area contributed by atoms with Crippen LogP contribution in [0.2, 0.25) is 0 Å². The highest BCUT2D eigenvalue weighted by Gasteiger charge is 2.40. The monoisotopic (exact) mass is 310 g/mol. The molecule has 0 radical (unpaired) electrons. The molecular formula is C16H26N2O4. The van der Waals surface area contributed by atoms with Gasteiger partial charge < -0.3 is 14.9 Å². The van der Waals surface area contributed by atoms with Gasteiger partial charge in [-0.05, 0) is 26.7 Å². The number of carbonyl (C=O) groups is 3. The fraction of sp³-hybridized carbons (Fsp3) is 0.812. The van der Waals surface area contributed by atoms with Crippen LogP contribution in [0.4, 0.5) is 0 Å². The van der Waals surface area contributed by atoms with E-state index in [1.807, 2.05) is 18.7 Å². The molecule has 1 saturated heterocycles. The van der Waals surface area contributed by atoms with E-state index >= 15 is 0 Å². The lowest BCUT2D eigenvalue weighted by atomic mass is 10.1. The largest absolute Gasteiger partial charge is 0.481 e. The molecule has 1 aliphatic heterocycles. The van der Waals surface area contributed by atoms with Crippen LogP contribution in [0.3, 0.4) is 0 Å². The molecule has 0 aromatic heterocycles. The SMILES string of the molecule is CC(C)N(CCC(=O)O)C(=O)C1CC(=O)N(C2CCCC2)C1. The Morgan fingerprint density at radius 2 is 1.95 bits per heavy atom. The number of hydrogen-bond donors (Lipinski definition) is 1. The summed E-state index contributed by atoms with van der Waals surface area (Å²) in [7, 11) is 0. The number of carboxylic acid groups (broad SMARTS) is 1. The second kappa shape index (κ2) is 7.11. The zero-order valence-corrected chi connectivity index (χ0v) is 13.5. The van der Waals surface area contributed by atoms with Gasteiger partial charge in [0.25, 0.3) is 0 Å². The first-order valence-corrected chi connectivity index (χ1v) is 8.22. The van der Waals surface area contributed by atoms with Crippen LogP contribution in [0.15, 0.2) is 0 Å². The summed E-state index contributed by atoms with van der Waals surface area (Å²) in [5, 5.41) is 8.82. The number of likely N-dealkylation sites (tertiary alicyclic amines) is 1. The van der Waals surface area contributed by atoms with Crippen molar-refractivity contribution in [1.29, 1.82) is 0 Å². The predicted octanol–water partition coefficient (Wildman–Crippen LogP) is 1.49. The molecule has 0 spiro atoms. The normalized spacial score (nSPS) is 22.6. The van der Waals surface area contributed by atoms with E-state index in [4.69, 9.17) is 5.11 Å². The van der Waals surface area contributed by atoms with Crippen molar-refractivity contribution in [2.24, 2.45) is 5.92 Å². The highest BCUT2D eigenvalue weighted by molar-refractivity contribution is 5.89. The standard InChI is InChI=1S/C16H26N2O4/c1-11(2)17(8-7-15(20)21)16(22)12-9-14(19)18(10-12)13-5-3-4-6-13/h11-13H,3-10H2,1-2H3,(H,20,21). The molecule has 6 heteroatoms. The van der Waals surface area contributed by atoms with Crippen molar-refractivity contribution in [3.8, 4) is 0 Å². The van der Waals surface area contributed by atoms with Gasteiger partial charge >= 0.3 is 5.97 Å². The summed E-state index contributed by atoms with van der Waals surface area (Å²) in [6, 6.07) is 0.249. The van der Waals surface area contributed by atoms with Crippen molar-refractivity contribution in [1.82, 2.24) is 9.80 Å². The highest BCUT2D eigenvalue weighted by Crippen LogP contribution is 2.30. The molecule has 124 valence electrons. The third-order valence-corrected chi connectivity index (χ3v) is 4.75. The zero-order chi connectivity index (χ0) is 16.3. The van der Waals surface area contributed by atoms with Crippen LogP contribution in [-0.2, 0) is 14.4 Å². The van der Waals surface area contributed by atoms with Crippen molar-refractivity contribution in [2.75, 3.05) is 13.1 Å². The molecule has 2 fully saturated rings. The molecule has 1 heterocycles. The molecule has 1 N–H and O–H groups in total. The Morgan fingerprint density at radius 3 is 2.50 bits per heavy atom. The average molecular weight is 310 g/mol. The summed E-state index contributed by atoms with van der Waals surface area (Å²) in [4.78, 5) is 39.1. The number of nitrogens with zero attached hydrogens (tertiary/aromatic N) is 2. The Labute approximate surface area is 131 Å². The molecule has 1 unspecified atom stereocenters. The lowest BCUT2D eigenvalue weighted by Crippen LogP contribution is -2.43. The minimum Gasteiger partial charge on any atom is -0.481 e. The number of aliphatic carboxylic acids is 1. The maximum absolute atomic E-state index is 12.7. The van der Waals surface area contributed by atoms with Crippen molar-refractivity contribution in [3.63, 3.8) is 0 Å². The van der Waals surface area contributed by atoms with Crippen molar-refractivity contribution in [3.05, 3.63) is 0 Å². The quantitative estimate of drug-likeness (QED) is 0.806. The Hall–Kier alpha value is -1.59. The fourth-order valence-corrected chi connectivity index (χ4v) is 3.54. The molecule has 2 rings (SSSR count). The second-order valence-corrected chi connectivity index (χ2v) is 6.65. The summed E-state index contributed by atoms with van der Waals surface area (Å²) >= 11 is 0. The van der Waals surface area contributed by atoms with Crippen molar-refractivity contribution >= 4 is 17.8 Å². The lowest BCUT2D eigenvalue weighted by Gasteiger charge is -2.29. The minimum atomic E-state index is -0.909. The van der Waals surface area contributed by atoms with Crippen LogP contribution >= 0.6 is 0 Å².